The molecule has 1 aromatic heterocycles. The Bertz CT molecular complexity index is 558. The van der Waals surface area contributed by atoms with E-state index in [2.05, 4.69) is 0 Å². The van der Waals surface area contributed by atoms with Gasteiger partial charge in [0.15, 0.2) is 5.75 Å². The lowest BCUT2D eigenvalue weighted by atomic mass is 10.2. The van der Waals surface area contributed by atoms with Crippen LogP contribution in [0.15, 0.2) is 47.4 Å². The summed E-state index contributed by atoms with van der Waals surface area (Å²) in [5.74, 6) is 0.540. The molecule has 4 heteroatoms. The molecular formula is C13H13NO3. The van der Waals surface area contributed by atoms with Crippen molar-refractivity contribution in [2.75, 3.05) is 7.11 Å². The predicted molar refractivity (Wildman–Crippen MR) is 64.5 cm³/mol. The van der Waals surface area contributed by atoms with E-state index in [0.29, 0.717) is 12.3 Å². The summed E-state index contributed by atoms with van der Waals surface area (Å²) in [5, 5.41) is 9.17. The van der Waals surface area contributed by atoms with E-state index >= 15 is 0 Å². The summed E-state index contributed by atoms with van der Waals surface area (Å²) in [6, 6.07) is 10.2. The number of phenolic OH excluding ortho intramolecular Hbond substituents is 1. The molecule has 1 aromatic carbocycles. The SMILES string of the molecule is COc1cccn(Cc2ccc(O)cc2)c1=O. The third kappa shape index (κ3) is 2.47. The fourth-order valence-electron chi connectivity index (χ4n) is 1.59. The first-order valence-electron chi connectivity index (χ1n) is 5.22. The van der Waals surface area contributed by atoms with Crippen molar-refractivity contribution in [3.63, 3.8) is 0 Å². The van der Waals surface area contributed by atoms with Gasteiger partial charge in [-0.2, -0.15) is 0 Å². The third-order valence-corrected chi connectivity index (χ3v) is 2.49. The Morgan fingerprint density at radius 3 is 2.59 bits per heavy atom. The second kappa shape index (κ2) is 4.74. The van der Waals surface area contributed by atoms with Gasteiger partial charge in [0, 0.05) is 6.20 Å². The Hall–Kier alpha value is -2.23. The Kier molecular flexibility index (Phi) is 3.14. The number of benzene rings is 1. The molecule has 0 saturated heterocycles. The van der Waals surface area contributed by atoms with Crippen molar-refractivity contribution in [1.29, 1.82) is 0 Å². The number of hydrogen-bond acceptors (Lipinski definition) is 3. The van der Waals surface area contributed by atoms with Gasteiger partial charge in [0.2, 0.25) is 0 Å². The minimum absolute atomic E-state index is 0.164. The zero-order chi connectivity index (χ0) is 12.3. The molecule has 0 fully saturated rings. The quantitative estimate of drug-likeness (QED) is 0.873. The van der Waals surface area contributed by atoms with Crippen LogP contribution in [0.3, 0.4) is 0 Å². The van der Waals surface area contributed by atoms with Crippen LogP contribution in [0.1, 0.15) is 5.56 Å². The first-order valence-corrected chi connectivity index (χ1v) is 5.22. The molecular weight excluding hydrogens is 218 g/mol. The van der Waals surface area contributed by atoms with Gasteiger partial charge in [-0.3, -0.25) is 4.79 Å². The van der Waals surface area contributed by atoms with Gasteiger partial charge >= 0.3 is 0 Å². The lowest BCUT2D eigenvalue weighted by Crippen LogP contribution is -2.20. The van der Waals surface area contributed by atoms with E-state index in [1.165, 1.54) is 7.11 Å². The van der Waals surface area contributed by atoms with E-state index in [0.717, 1.165) is 5.56 Å². The number of aromatic nitrogens is 1. The first-order chi connectivity index (χ1) is 8.20. The number of phenols is 1. The topological polar surface area (TPSA) is 51.5 Å². The molecule has 0 atom stereocenters. The van der Waals surface area contributed by atoms with Crippen LogP contribution in [-0.4, -0.2) is 16.8 Å². The molecule has 0 unspecified atom stereocenters. The number of hydrogen-bond donors (Lipinski definition) is 1. The van der Waals surface area contributed by atoms with Crippen molar-refractivity contribution in [1.82, 2.24) is 4.57 Å². The van der Waals surface area contributed by atoms with Gasteiger partial charge in [-0.15, -0.1) is 0 Å². The number of nitrogens with zero attached hydrogens (tertiary/aromatic N) is 1. The minimum atomic E-state index is -0.164. The molecule has 4 nitrogen and oxygen atoms in total. The fraction of sp³-hybridized carbons (Fsp3) is 0.154. The summed E-state index contributed by atoms with van der Waals surface area (Å²) in [5.41, 5.74) is 0.779. The fourth-order valence-corrected chi connectivity index (χ4v) is 1.59. The molecule has 2 aromatic rings. The number of aromatic hydroxyl groups is 1. The highest BCUT2D eigenvalue weighted by Crippen LogP contribution is 2.10. The lowest BCUT2D eigenvalue weighted by molar-refractivity contribution is 0.403. The van der Waals surface area contributed by atoms with Crippen molar-refractivity contribution in [3.05, 3.63) is 58.5 Å². The van der Waals surface area contributed by atoms with Crippen molar-refractivity contribution < 1.29 is 9.84 Å². The van der Waals surface area contributed by atoms with Crippen molar-refractivity contribution in [2.24, 2.45) is 0 Å². The summed E-state index contributed by atoms with van der Waals surface area (Å²) >= 11 is 0. The van der Waals surface area contributed by atoms with Gasteiger partial charge in [0.25, 0.3) is 5.56 Å². The molecule has 17 heavy (non-hydrogen) atoms. The molecule has 0 bridgehead atoms. The smallest absolute Gasteiger partial charge is 0.293 e. The van der Waals surface area contributed by atoms with Crippen molar-refractivity contribution in [3.8, 4) is 11.5 Å². The van der Waals surface area contributed by atoms with E-state index in [9.17, 15) is 9.90 Å². The lowest BCUT2D eigenvalue weighted by Gasteiger charge is -2.07. The van der Waals surface area contributed by atoms with Crippen LogP contribution in [0.5, 0.6) is 11.5 Å². The predicted octanol–water partition coefficient (Wildman–Crippen LogP) is 1.61. The highest BCUT2D eigenvalue weighted by molar-refractivity contribution is 5.26. The summed E-state index contributed by atoms with van der Waals surface area (Å²) in [6.45, 7) is 0.455. The minimum Gasteiger partial charge on any atom is -0.508 e. The molecule has 0 aliphatic carbocycles. The third-order valence-electron chi connectivity index (χ3n) is 2.49. The number of rotatable bonds is 3. The van der Waals surface area contributed by atoms with Crippen LogP contribution in [-0.2, 0) is 6.54 Å². The molecule has 0 saturated carbocycles. The van der Waals surface area contributed by atoms with Gasteiger partial charge in [-0.05, 0) is 29.8 Å². The van der Waals surface area contributed by atoms with E-state index in [1.54, 1.807) is 47.2 Å². The van der Waals surface area contributed by atoms with E-state index in [4.69, 9.17) is 4.74 Å². The summed E-state index contributed by atoms with van der Waals surface area (Å²) in [7, 11) is 1.47. The maximum absolute atomic E-state index is 11.9. The van der Waals surface area contributed by atoms with E-state index in [-0.39, 0.29) is 11.3 Å². The van der Waals surface area contributed by atoms with Crippen LogP contribution in [0.2, 0.25) is 0 Å². The maximum Gasteiger partial charge on any atom is 0.293 e. The van der Waals surface area contributed by atoms with E-state index in [1.807, 2.05) is 0 Å². The van der Waals surface area contributed by atoms with Crippen LogP contribution in [0, 0.1) is 0 Å². The van der Waals surface area contributed by atoms with Crippen LogP contribution >= 0.6 is 0 Å². The van der Waals surface area contributed by atoms with Gasteiger partial charge in [-0.1, -0.05) is 12.1 Å². The Balaban J connectivity index is 2.30. The number of pyridine rings is 1. The number of ether oxygens (including phenoxy) is 1. The Morgan fingerprint density at radius 1 is 1.24 bits per heavy atom. The van der Waals surface area contributed by atoms with Crippen molar-refractivity contribution in [2.45, 2.75) is 6.54 Å². The van der Waals surface area contributed by atoms with Crippen LogP contribution < -0.4 is 10.3 Å². The van der Waals surface area contributed by atoms with Crippen molar-refractivity contribution >= 4 is 0 Å². The number of methoxy groups -OCH3 is 1. The molecule has 0 aliphatic rings. The maximum atomic E-state index is 11.9. The zero-order valence-electron chi connectivity index (χ0n) is 9.46. The summed E-state index contributed by atoms with van der Waals surface area (Å²) < 4.78 is 6.53. The van der Waals surface area contributed by atoms with Crippen LogP contribution in [0.25, 0.3) is 0 Å². The highest BCUT2D eigenvalue weighted by Gasteiger charge is 2.03. The second-order valence-electron chi connectivity index (χ2n) is 3.68. The normalized spacial score (nSPS) is 10.2. The van der Waals surface area contributed by atoms with Gasteiger partial charge in [0.1, 0.15) is 5.75 Å². The summed E-state index contributed by atoms with van der Waals surface area (Å²) in [4.78, 5) is 11.9. The molecule has 0 amide bonds. The monoisotopic (exact) mass is 231 g/mol. The standard InChI is InChI=1S/C13H13NO3/c1-17-12-3-2-8-14(13(12)16)9-10-4-6-11(15)7-5-10/h2-8,15H,9H2,1H3. The summed E-state index contributed by atoms with van der Waals surface area (Å²) in [6.07, 6.45) is 1.71. The molecule has 0 aliphatic heterocycles. The molecule has 2 rings (SSSR count). The highest BCUT2D eigenvalue weighted by atomic mass is 16.5. The van der Waals surface area contributed by atoms with Crippen LogP contribution in [0.4, 0.5) is 0 Å². The Labute approximate surface area is 98.7 Å². The average Bonchev–Trinajstić information content (AvgIpc) is 2.35. The van der Waals surface area contributed by atoms with E-state index < -0.39 is 0 Å². The largest absolute Gasteiger partial charge is 0.508 e. The molecule has 0 radical (unpaired) electrons. The Morgan fingerprint density at radius 2 is 1.94 bits per heavy atom. The molecule has 0 spiro atoms. The molecule has 1 heterocycles. The molecule has 1 N–H and O–H groups in total. The van der Waals surface area contributed by atoms with Gasteiger partial charge in [-0.25, -0.2) is 0 Å². The van der Waals surface area contributed by atoms with Gasteiger partial charge in [0.05, 0.1) is 13.7 Å². The first kappa shape index (κ1) is 11.3. The second-order valence-corrected chi connectivity index (χ2v) is 3.68. The molecule has 88 valence electrons. The zero-order valence-corrected chi connectivity index (χ0v) is 9.46. The average molecular weight is 231 g/mol. The van der Waals surface area contributed by atoms with Gasteiger partial charge < -0.3 is 14.4 Å².